The number of amides is 2. The van der Waals surface area contributed by atoms with Crippen molar-refractivity contribution in [3.63, 3.8) is 0 Å². The van der Waals surface area contributed by atoms with Crippen molar-refractivity contribution >= 4 is 17.8 Å². The first-order valence-electron chi connectivity index (χ1n) is 8.02. The topological polar surface area (TPSA) is 86.7 Å². The van der Waals surface area contributed by atoms with Gasteiger partial charge >= 0.3 is 5.97 Å². The van der Waals surface area contributed by atoms with Gasteiger partial charge in [0.15, 0.2) is 0 Å². The highest BCUT2D eigenvalue weighted by atomic mass is 16.4. The maximum Gasteiger partial charge on any atom is 0.303 e. The summed E-state index contributed by atoms with van der Waals surface area (Å²) in [6.07, 6.45) is 3.36. The molecule has 1 rings (SSSR count). The van der Waals surface area contributed by atoms with Gasteiger partial charge in [-0.05, 0) is 31.1 Å². The lowest BCUT2D eigenvalue weighted by atomic mass is 9.85. The summed E-state index contributed by atoms with van der Waals surface area (Å²) in [6, 6.07) is -0.530. The summed E-state index contributed by atoms with van der Waals surface area (Å²) in [5, 5.41) is 11.4. The Hall–Kier alpha value is -1.59. The first-order valence-corrected chi connectivity index (χ1v) is 8.02. The molecule has 1 atom stereocenters. The minimum atomic E-state index is -0.850. The second-order valence-corrected chi connectivity index (χ2v) is 7.00. The van der Waals surface area contributed by atoms with Gasteiger partial charge in [0.1, 0.15) is 6.04 Å². The molecule has 22 heavy (non-hydrogen) atoms. The van der Waals surface area contributed by atoms with Crippen LogP contribution in [0.15, 0.2) is 0 Å². The number of carboxylic acid groups (broad SMARTS) is 1. The summed E-state index contributed by atoms with van der Waals surface area (Å²) in [5.41, 5.74) is -0.351. The fourth-order valence-electron chi connectivity index (χ4n) is 2.56. The van der Waals surface area contributed by atoms with Crippen LogP contribution in [0.1, 0.15) is 59.3 Å². The van der Waals surface area contributed by atoms with Gasteiger partial charge in [-0.3, -0.25) is 14.4 Å². The largest absolute Gasteiger partial charge is 0.481 e. The highest BCUT2D eigenvalue weighted by molar-refractivity contribution is 5.88. The van der Waals surface area contributed by atoms with Gasteiger partial charge in [0.2, 0.25) is 11.8 Å². The Balaban J connectivity index is 2.52. The van der Waals surface area contributed by atoms with E-state index in [0.717, 1.165) is 25.9 Å². The summed E-state index contributed by atoms with van der Waals surface area (Å²) in [6.45, 7) is 7.35. The molecule has 1 aliphatic rings. The molecule has 6 heteroatoms. The highest BCUT2D eigenvalue weighted by Gasteiger charge is 2.36. The normalized spacial score (nSPS) is 16.4. The lowest BCUT2D eigenvalue weighted by molar-refractivity contribution is -0.138. The van der Waals surface area contributed by atoms with Crippen LogP contribution in [0.2, 0.25) is 0 Å². The van der Waals surface area contributed by atoms with Gasteiger partial charge in [0, 0.05) is 25.9 Å². The van der Waals surface area contributed by atoms with Gasteiger partial charge in [-0.2, -0.15) is 0 Å². The summed E-state index contributed by atoms with van der Waals surface area (Å²) in [7, 11) is 0. The molecule has 6 nitrogen and oxygen atoms in total. The zero-order chi connectivity index (χ0) is 16.8. The van der Waals surface area contributed by atoms with Gasteiger partial charge in [0.05, 0.1) is 0 Å². The summed E-state index contributed by atoms with van der Waals surface area (Å²) in [5.74, 6) is -1.04. The first-order chi connectivity index (χ1) is 10.2. The number of carbonyl (C=O) groups is 3. The van der Waals surface area contributed by atoms with E-state index in [1.807, 2.05) is 25.7 Å². The van der Waals surface area contributed by atoms with Crippen LogP contribution < -0.4 is 5.32 Å². The second kappa shape index (κ2) is 8.15. The second-order valence-electron chi connectivity index (χ2n) is 7.00. The predicted molar refractivity (Wildman–Crippen MR) is 83.3 cm³/mol. The van der Waals surface area contributed by atoms with Crippen molar-refractivity contribution in [2.45, 2.75) is 65.3 Å². The number of aliphatic carboxylic acids is 1. The minimum Gasteiger partial charge on any atom is -0.481 e. The molecule has 0 aromatic carbocycles. The monoisotopic (exact) mass is 312 g/mol. The number of rotatable bonds is 7. The Bertz CT molecular complexity index is 409. The van der Waals surface area contributed by atoms with Gasteiger partial charge < -0.3 is 15.3 Å². The van der Waals surface area contributed by atoms with Gasteiger partial charge in [0.25, 0.3) is 0 Å². The van der Waals surface area contributed by atoms with Crippen molar-refractivity contribution in [1.82, 2.24) is 10.2 Å². The van der Waals surface area contributed by atoms with E-state index in [1.165, 1.54) is 0 Å². The Morgan fingerprint density at radius 1 is 1.09 bits per heavy atom. The van der Waals surface area contributed by atoms with E-state index < -0.39 is 12.0 Å². The molecule has 2 amide bonds. The molecular formula is C16H28N2O4. The number of hydrogen-bond acceptors (Lipinski definition) is 3. The quantitative estimate of drug-likeness (QED) is 0.702. The maximum absolute atomic E-state index is 12.6. The summed E-state index contributed by atoms with van der Waals surface area (Å²) < 4.78 is 0. The van der Waals surface area contributed by atoms with E-state index in [9.17, 15) is 14.4 Å². The summed E-state index contributed by atoms with van der Waals surface area (Å²) in [4.78, 5) is 36.9. The molecule has 0 saturated carbocycles. The van der Waals surface area contributed by atoms with Crippen LogP contribution in [0.5, 0.6) is 0 Å². The Kier molecular flexibility index (Phi) is 6.84. The molecule has 0 unspecified atom stereocenters. The Labute approximate surface area is 132 Å². The number of carboxylic acids is 1. The van der Waals surface area contributed by atoms with Crippen molar-refractivity contribution in [3.05, 3.63) is 0 Å². The van der Waals surface area contributed by atoms with Crippen LogP contribution in [0.25, 0.3) is 0 Å². The van der Waals surface area contributed by atoms with E-state index in [4.69, 9.17) is 5.11 Å². The van der Waals surface area contributed by atoms with Crippen molar-refractivity contribution in [1.29, 1.82) is 0 Å². The lowest BCUT2D eigenvalue weighted by Crippen LogP contribution is -2.54. The zero-order valence-corrected chi connectivity index (χ0v) is 13.9. The van der Waals surface area contributed by atoms with Crippen LogP contribution in [0.4, 0.5) is 0 Å². The fourth-order valence-corrected chi connectivity index (χ4v) is 2.56. The van der Waals surface area contributed by atoms with E-state index in [1.54, 1.807) is 0 Å². The average Bonchev–Trinajstić information content (AvgIpc) is 2.92. The van der Waals surface area contributed by atoms with E-state index in [2.05, 4.69) is 5.32 Å². The first kappa shape index (κ1) is 18.5. The van der Waals surface area contributed by atoms with Crippen molar-refractivity contribution in [2.24, 2.45) is 5.41 Å². The van der Waals surface area contributed by atoms with Crippen molar-refractivity contribution < 1.29 is 19.5 Å². The third kappa shape index (κ3) is 6.03. The van der Waals surface area contributed by atoms with Crippen molar-refractivity contribution in [3.8, 4) is 0 Å². The zero-order valence-electron chi connectivity index (χ0n) is 13.9. The third-order valence-corrected chi connectivity index (χ3v) is 3.88. The number of hydrogen-bond donors (Lipinski definition) is 2. The molecule has 0 aromatic rings. The molecule has 1 aliphatic heterocycles. The van der Waals surface area contributed by atoms with E-state index >= 15 is 0 Å². The van der Waals surface area contributed by atoms with Crippen molar-refractivity contribution in [2.75, 3.05) is 13.1 Å². The molecule has 0 aliphatic carbocycles. The molecule has 126 valence electrons. The van der Waals surface area contributed by atoms with Gasteiger partial charge in [-0.15, -0.1) is 0 Å². The molecule has 1 saturated heterocycles. The lowest BCUT2D eigenvalue weighted by Gasteiger charge is -2.33. The van der Waals surface area contributed by atoms with Gasteiger partial charge in [-0.1, -0.05) is 20.8 Å². The number of unbranched alkanes of at least 4 members (excludes halogenated alkanes) is 1. The number of nitrogens with one attached hydrogen (secondary N) is 1. The van der Waals surface area contributed by atoms with Gasteiger partial charge in [-0.25, -0.2) is 0 Å². The van der Waals surface area contributed by atoms with Crippen LogP contribution >= 0.6 is 0 Å². The van der Waals surface area contributed by atoms with Crippen LogP contribution in [0.3, 0.4) is 0 Å². The Morgan fingerprint density at radius 2 is 1.64 bits per heavy atom. The number of carbonyl (C=O) groups excluding carboxylic acids is 2. The van der Waals surface area contributed by atoms with Crippen LogP contribution in [-0.4, -0.2) is 46.9 Å². The molecular weight excluding hydrogens is 284 g/mol. The third-order valence-electron chi connectivity index (χ3n) is 3.88. The number of likely N-dealkylation sites (tertiary alicyclic amines) is 1. The molecule has 1 fully saturated rings. The van der Waals surface area contributed by atoms with Crippen LogP contribution in [-0.2, 0) is 14.4 Å². The maximum atomic E-state index is 12.6. The smallest absolute Gasteiger partial charge is 0.303 e. The van der Waals surface area contributed by atoms with Crippen LogP contribution in [0, 0.1) is 5.41 Å². The summed E-state index contributed by atoms with van der Waals surface area (Å²) >= 11 is 0. The SMILES string of the molecule is CC(C)(C)[C@H](NC(=O)CCCCC(=O)O)C(=O)N1CCCC1. The molecule has 0 spiro atoms. The standard InChI is InChI=1S/C16H28N2O4/c1-16(2,3)14(15(22)18-10-6-7-11-18)17-12(19)8-4-5-9-13(20)21/h14H,4-11H2,1-3H3,(H,17,19)(H,20,21)/t14-/m1/s1. The highest BCUT2D eigenvalue weighted by Crippen LogP contribution is 2.23. The molecule has 1 heterocycles. The minimum absolute atomic E-state index is 0.0103. The van der Waals surface area contributed by atoms with E-state index in [0.29, 0.717) is 12.8 Å². The molecule has 0 radical (unpaired) electrons. The van der Waals surface area contributed by atoms with E-state index in [-0.39, 0.29) is 30.1 Å². The molecule has 0 aromatic heterocycles. The molecule has 0 bridgehead atoms. The molecule has 2 N–H and O–H groups in total. The average molecular weight is 312 g/mol. The predicted octanol–water partition coefficient (Wildman–Crippen LogP) is 1.78. The number of nitrogens with zero attached hydrogens (tertiary/aromatic N) is 1. The fraction of sp³-hybridized carbons (Fsp3) is 0.812. The Morgan fingerprint density at radius 3 is 2.14 bits per heavy atom.